The standard InChI is InChI=1S/C5HCl4NO/c6-1-2(7)4(9)5(10-11)3(1)8/h11H. The van der Waals surface area contributed by atoms with Crippen molar-refractivity contribution in [2.45, 2.75) is 0 Å². The first-order valence-electron chi connectivity index (χ1n) is 2.43. The van der Waals surface area contributed by atoms with Gasteiger partial charge < -0.3 is 5.21 Å². The maximum Gasteiger partial charge on any atom is 0.142 e. The molecule has 0 amide bonds. The monoisotopic (exact) mass is 231 g/mol. The molecule has 0 saturated heterocycles. The van der Waals surface area contributed by atoms with Gasteiger partial charge in [0.15, 0.2) is 0 Å². The number of hydrogen-bond acceptors (Lipinski definition) is 2. The summed E-state index contributed by atoms with van der Waals surface area (Å²) in [4.78, 5) is 0. The smallest absolute Gasteiger partial charge is 0.142 e. The molecule has 0 radical (unpaired) electrons. The van der Waals surface area contributed by atoms with Gasteiger partial charge in [0.2, 0.25) is 0 Å². The molecule has 11 heavy (non-hydrogen) atoms. The van der Waals surface area contributed by atoms with Gasteiger partial charge in [-0.1, -0.05) is 51.6 Å². The second kappa shape index (κ2) is 3.23. The van der Waals surface area contributed by atoms with Crippen LogP contribution in [0.25, 0.3) is 0 Å². The lowest BCUT2D eigenvalue weighted by atomic mass is 10.4. The summed E-state index contributed by atoms with van der Waals surface area (Å²) in [5, 5.41) is 11.5. The van der Waals surface area contributed by atoms with Crippen molar-refractivity contribution >= 4 is 52.1 Å². The Kier molecular flexibility index (Phi) is 2.70. The van der Waals surface area contributed by atoms with Crippen molar-refractivity contribution in [1.82, 2.24) is 0 Å². The summed E-state index contributed by atoms with van der Waals surface area (Å²) in [5.74, 6) is 0. The summed E-state index contributed by atoms with van der Waals surface area (Å²) in [6, 6.07) is 0. The molecule has 1 rings (SSSR count). The van der Waals surface area contributed by atoms with E-state index in [0.29, 0.717) is 0 Å². The van der Waals surface area contributed by atoms with E-state index >= 15 is 0 Å². The lowest BCUT2D eigenvalue weighted by Crippen LogP contribution is -1.93. The van der Waals surface area contributed by atoms with Crippen LogP contribution in [0.1, 0.15) is 0 Å². The van der Waals surface area contributed by atoms with Crippen LogP contribution in [0.4, 0.5) is 0 Å². The van der Waals surface area contributed by atoms with Gasteiger partial charge in [-0.25, -0.2) is 0 Å². The minimum Gasteiger partial charge on any atom is -0.410 e. The molecule has 0 heterocycles. The largest absolute Gasteiger partial charge is 0.410 e. The molecule has 0 aromatic carbocycles. The fourth-order valence-electron chi connectivity index (χ4n) is 0.585. The third-order valence-electron chi connectivity index (χ3n) is 1.09. The predicted molar refractivity (Wildman–Crippen MR) is 46.7 cm³/mol. The van der Waals surface area contributed by atoms with Crippen LogP contribution in [-0.2, 0) is 0 Å². The maximum absolute atomic E-state index is 8.38. The van der Waals surface area contributed by atoms with E-state index in [4.69, 9.17) is 51.6 Å². The number of rotatable bonds is 0. The lowest BCUT2D eigenvalue weighted by molar-refractivity contribution is 0.320. The topological polar surface area (TPSA) is 32.6 Å². The molecule has 0 spiro atoms. The van der Waals surface area contributed by atoms with E-state index in [1.165, 1.54) is 0 Å². The Hall–Kier alpha value is 0.110. The van der Waals surface area contributed by atoms with Gasteiger partial charge >= 0.3 is 0 Å². The Bertz CT molecular complexity index is 265. The number of hydrogen-bond donors (Lipinski definition) is 1. The van der Waals surface area contributed by atoms with Gasteiger partial charge in [-0.05, 0) is 0 Å². The van der Waals surface area contributed by atoms with Gasteiger partial charge in [0.1, 0.15) is 5.71 Å². The average molecular weight is 233 g/mol. The fraction of sp³-hybridized carbons (Fsp3) is 0. The molecule has 6 heteroatoms. The molecule has 0 fully saturated rings. The van der Waals surface area contributed by atoms with Crippen molar-refractivity contribution < 1.29 is 5.21 Å². The van der Waals surface area contributed by atoms with Crippen LogP contribution < -0.4 is 0 Å². The quantitative estimate of drug-likeness (QED) is 0.505. The molecule has 0 atom stereocenters. The molecule has 1 aliphatic rings. The highest BCUT2D eigenvalue weighted by molar-refractivity contribution is 6.66. The molecule has 0 aromatic rings. The zero-order valence-corrected chi connectivity index (χ0v) is 7.93. The van der Waals surface area contributed by atoms with E-state index in [1.54, 1.807) is 0 Å². The number of halogens is 4. The predicted octanol–water partition coefficient (Wildman–Crippen LogP) is 3.21. The Morgan fingerprint density at radius 3 is 1.36 bits per heavy atom. The van der Waals surface area contributed by atoms with Crippen molar-refractivity contribution in [2.75, 3.05) is 0 Å². The summed E-state index contributed by atoms with van der Waals surface area (Å²) >= 11 is 22.3. The molecular formula is C5HCl4NO. The van der Waals surface area contributed by atoms with E-state index in [9.17, 15) is 0 Å². The number of nitrogens with zero attached hydrogens (tertiary/aromatic N) is 1. The molecule has 0 aromatic heterocycles. The zero-order valence-electron chi connectivity index (χ0n) is 4.91. The Morgan fingerprint density at radius 1 is 0.818 bits per heavy atom. The maximum atomic E-state index is 8.38. The summed E-state index contributed by atoms with van der Waals surface area (Å²) in [6.45, 7) is 0. The molecule has 0 aliphatic heterocycles. The van der Waals surface area contributed by atoms with Crippen molar-refractivity contribution in [1.29, 1.82) is 0 Å². The average Bonchev–Trinajstić information content (AvgIpc) is 2.17. The Morgan fingerprint density at radius 2 is 1.18 bits per heavy atom. The molecule has 2 nitrogen and oxygen atoms in total. The van der Waals surface area contributed by atoms with Gasteiger partial charge in [-0.15, -0.1) is 0 Å². The first kappa shape index (κ1) is 9.20. The summed E-state index contributed by atoms with van der Waals surface area (Å²) in [5.41, 5.74) is 0.00309. The third-order valence-corrected chi connectivity index (χ3v) is 2.88. The molecule has 60 valence electrons. The van der Waals surface area contributed by atoms with Crippen molar-refractivity contribution in [3.05, 3.63) is 20.1 Å². The molecule has 0 bridgehead atoms. The fourth-order valence-corrected chi connectivity index (χ4v) is 1.55. The van der Waals surface area contributed by atoms with Crippen LogP contribution in [0, 0.1) is 0 Å². The van der Waals surface area contributed by atoms with Gasteiger partial charge in [0.25, 0.3) is 0 Å². The first-order chi connectivity index (χ1) is 5.09. The molecule has 1 aliphatic carbocycles. The van der Waals surface area contributed by atoms with E-state index in [1.807, 2.05) is 0 Å². The molecule has 1 N–H and O–H groups in total. The van der Waals surface area contributed by atoms with Gasteiger partial charge in [0.05, 0.1) is 20.1 Å². The van der Waals surface area contributed by atoms with Crippen LogP contribution in [-0.4, -0.2) is 10.9 Å². The van der Waals surface area contributed by atoms with Crippen LogP contribution in [0.5, 0.6) is 0 Å². The minimum absolute atomic E-state index is 0.00309. The molecule has 0 saturated carbocycles. The van der Waals surface area contributed by atoms with E-state index in [2.05, 4.69) is 5.16 Å². The highest BCUT2D eigenvalue weighted by Gasteiger charge is 2.26. The first-order valence-corrected chi connectivity index (χ1v) is 3.94. The van der Waals surface area contributed by atoms with Crippen molar-refractivity contribution in [2.24, 2.45) is 5.16 Å². The summed E-state index contributed by atoms with van der Waals surface area (Å²) < 4.78 is 0. The summed E-state index contributed by atoms with van der Waals surface area (Å²) in [6.07, 6.45) is 0. The highest BCUT2D eigenvalue weighted by atomic mass is 35.5. The Balaban J connectivity index is 3.26. The van der Waals surface area contributed by atoms with Crippen LogP contribution in [0.15, 0.2) is 25.3 Å². The zero-order chi connectivity index (χ0) is 8.59. The van der Waals surface area contributed by atoms with E-state index in [0.717, 1.165) is 0 Å². The second-order valence-electron chi connectivity index (χ2n) is 1.70. The minimum atomic E-state index is 0.00309. The van der Waals surface area contributed by atoms with E-state index < -0.39 is 0 Å². The second-order valence-corrected chi connectivity index (χ2v) is 3.22. The molecule has 0 unspecified atom stereocenters. The van der Waals surface area contributed by atoms with Crippen LogP contribution >= 0.6 is 46.4 Å². The third kappa shape index (κ3) is 1.36. The highest BCUT2D eigenvalue weighted by Crippen LogP contribution is 2.38. The van der Waals surface area contributed by atoms with Gasteiger partial charge in [-0.3, -0.25) is 0 Å². The van der Waals surface area contributed by atoms with Crippen LogP contribution in [0.2, 0.25) is 0 Å². The Labute approximate surface area is 82.7 Å². The lowest BCUT2D eigenvalue weighted by Gasteiger charge is -1.90. The van der Waals surface area contributed by atoms with Crippen LogP contribution in [0.3, 0.4) is 0 Å². The number of oxime groups is 1. The van der Waals surface area contributed by atoms with Gasteiger partial charge in [-0.2, -0.15) is 0 Å². The van der Waals surface area contributed by atoms with Crippen molar-refractivity contribution in [3.8, 4) is 0 Å². The normalized spacial score (nSPS) is 18.4. The SMILES string of the molecule is ON=C1C(Cl)=C(Cl)C(Cl)=C1Cl. The summed E-state index contributed by atoms with van der Waals surface area (Å²) in [7, 11) is 0. The van der Waals surface area contributed by atoms with E-state index in [-0.39, 0.29) is 25.8 Å². The number of allylic oxidation sites excluding steroid dienone is 4. The molecular weight excluding hydrogens is 232 g/mol. The van der Waals surface area contributed by atoms with Gasteiger partial charge in [0, 0.05) is 0 Å². The van der Waals surface area contributed by atoms with Crippen molar-refractivity contribution in [3.63, 3.8) is 0 Å².